The highest BCUT2D eigenvalue weighted by molar-refractivity contribution is 6.30. The van der Waals surface area contributed by atoms with E-state index in [1.54, 1.807) is 30.2 Å². The van der Waals surface area contributed by atoms with Crippen molar-refractivity contribution in [2.45, 2.75) is 38.6 Å². The van der Waals surface area contributed by atoms with E-state index in [0.717, 1.165) is 18.4 Å². The fraction of sp³-hybridized carbons (Fsp3) is 0.450. The molecule has 1 aromatic heterocycles. The molecule has 8 heteroatoms. The first-order valence-corrected chi connectivity index (χ1v) is 9.84. The molecular weight excluding hydrogens is 382 g/mol. The molecule has 2 aromatic rings. The van der Waals surface area contributed by atoms with E-state index in [4.69, 9.17) is 20.8 Å². The molecule has 0 bridgehead atoms. The summed E-state index contributed by atoms with van der Waals surface area (Å²) in [6.45, 7) is 3.34. The van der Waals surface area contributed by atoms with Crippen molar-refractivity contribution in [3.8, 4) is 11.3 Å². The minimum absolute atomic E-state index is 0.0409. The van der Waals surface area contributed by atoms with E-state index in [2.05, 4.69) is 10.3 Å². The maximum absolute atomic E-state index is 12.2. The van der Waals surface area contributed by atoms with Gasteiger partial charge in [0.25, 0.3) is 0 Å². The van der Waals surface area contributed by atoms with E-state index in [1.165, 1.54) is 0 Å². The number of piperidine rings is 1. The van der Waals surface area contributed by atoms with Gasteiger partial charge in [0.1, 0.15) is 0 Å². The van der Waals surface area contributed by atoms with Gasteiger partial charge in [0, 0.05) is 42.6 Å². The van der Waals surface area contributed by atoms with Crippen molar-refractivity contribution in [2.24, 2.45) is 0 Å². The largest absolute Gasteiger partial charge is 0.450 e. The second-order valence-electron chi connectivity index (χ2n) is 6.65. The smallest absolute Gasteiger partial charge is 0.409 e. The molecule has 0 saturated carbocycles. The maximum Gasteiger partial charge on any atom is 0.409 e. The predicted octanol–water partition coefficient (Wildman–Crippen LogP) is 3.66. The molecule has 1 fully saturated rings. The van der Waals surface area contributed by atoms with Crippen molar-refractivity contribution in [3.05, 3.63) is 41.4 Å². The second-order valence-corrected chi connectivity index (χ2v) is 7.09. The highest BCUT2D eigenvalue weighted by Gasteiger charge is 2.24. The molecule has 0 aliphatic carbocycles. The third kappa shape index (κ3) is 5.48. The van der Waals surface area contributed by atoms with Gasteiger partial charge in [-0.3, -0.25) is 4.79 Å². The Bertz CT molecular complexity index is 798. The summed E-state index contributed by atoms with van der Waals surface area (Å²) in [5.41, 5.74) is 0.890. The number of oxazole rings is 1. The zero-order valence-corrected chi connectivity index (χ0v) is 16.6. The van der Waals surface area contributed by atoms with Crippen LogP contribution in [0.3, 0.4) is 0 Å². The van der Waals surface area contributed by atoms with Gasteiger partial charge in [0.2, 0.25) is 5.91 Å². The van der Waals surface area contributed by atoms with Gasteiger partial charge < -0.3 is 19.4 Å². The average molecular weight is 406 g/mol. The zero-order valence-electron chi connectivity index (χ0n) is 15.8. The molecule has 0 radical (unpaired) electrons. The molecule has 2 amide bonds. The van der Waals surface area contributed by atoms with Gasteiger partial charge >= 0.3 is 6.09 Å². The van der Waals surface area contributed by atoms with Crippen molar-refractivity contribution in [3.63, 3.8) is 0 Å². The van der Waals surface area contributed by atoms with Crippen molar-refractivity contribution in [2.75, 3.05) is 19.7 Å². The van der Waals surface area contributed by atoms with Gasteiger partial charge in [-0.05, 0) is 44.0 Å². The summed E-state index contributed by atoms with van der Waals surface area (Å²) >= 11 is 5.89. The van der Waals surface area contributed by atoms with Crippen LogP contribution in [0.4, 0.5) is 4.79 Å². The number of halogens is 1. The molecule has 1 aromatic carbocycles. The van der Waals surface area contributed by atoms with Gasteiger partial charge in [-0.2, -0.15) is 0 Å². The van der Waals surface area contributed by atoms with Crippen LogP contribution in [0.2, 0.25) is 5.02 Å². The number of carbonyl (C=O) groups excluding carboxylic acids is 2. The topological polar surface area (TPSA) is 84.7 Å². The number of ether oxygens (including phenoxy) is 1. The van der Waals surface area contributed by atoms with E-state index in [9.17, 15) is 9.59 Å². The van der Waals surface area contributed by atoms with Crippen LogP contribution in [0.1, 0.15) is 32.1 Å². The predicted molar refractivity (Wildman–Crippen MR) is 105 cm³/mol. The van der Waals surface area contributed by atoms with E-state index in [-0.39, 0.29) is 18.0 Å². The quantitative estimate of drug-likeness (QED) is 0.792. The molecular formula is C20H24ClN3O4. The normalized spacial score (nSPS) is 14.7. The summed E-state index contributed by atoms with van der Waals surface area (Å²) in [7, 11) is 0. The van der Waals surface area contributed by atoms with Gasteiger partial charge in [-0.15, -0.1) is 0 Å². The first-order valence-electron chi connectivity index (χ1n) is 9.47. The highest BCUT2D eigenvalue weighted by atomic mass is 35.5. The molecule has 1 aliphatic heterocycles. The number of carbonyl (C=O) groups is 2. The van der Waals surface area contributed by atoms with Crippen LogP contribution < -0.4 is 5.32 Å². The molecule has 1 N–H and O–H groups in total. The third-order valence-corrected chi connectivity index (χ3v) is 4.89. The second kappa shape index (κ2) is 9.59. The molecule has 0 atom stereocenters. The molecule has 3 rings (SSSR count). The highest BCUT2D eigenvalue weighted by Crippen LogP contribution is 2.22. The van der Waals surface area contributed by atoms with Crippen molar-refractivity contribution >= 4 is 23.6 Å². The zero-order chi connectivity index (χ0) is 19.9. The minimum Gasteiger partial charge on any atom is -0.450 e. The molecule has 7 nitrogen and oxygen atoms in total. The van der Waals surface area contributed by atoms with Crippen LogP contribution in [-0.4, -0.2) is 47.6 Å². The lowest BCUT2D eigenvalue weighted by atomic mass is 10.1. The molecule has 0 spiro atoms. The van der Waals surface area contributed by atoms with Crippen molar-refractivity contribution in [1.82, 2.24) is 15.2 Å². The monoisotopic (exact) mass is 405 g/mol. The molecule has 0 unspecified atom stereocenters. The van der Waals surface area contributed by atoms with E-state index in [1.807, 2.05) is 12.1 Å². The number of likely N-dealkylation sites (tertiary alicyclic amines) is 1. The Labute approximate surface area is 169 Å². The lowest BCUT2D eigenvalue weighted by Crippen LogP contribution is -2.46. The van der Waals surface area contributed by atoms with Crippen LogP contribution in [0, 0.1) is 0 Å². The Morgan fingerprint density at radius 3 is 2.68 bits per heavy atom. The first-order chi connectivity index (χ1) is 13.5. The van der Waals surface area contributed by atoms with Gasteiger partial charge in [0.05, 0.1) is 12.8 Å². The van der Waals surface area contributed by atoms with Gasteiger partial charge in [-0.25, -0.2) is 9.78 Å². The number of aromatic nitrogens is 1. The van der Waals surface area contributed by atoms with Crippen LogP contribution in [0.15, 0.2) is 34.9 Å². The summed E-state index contributed by atoms with van der Waals surface area (Å²) in [6.07, 6.45) is 3.56. The maximum atomic E-state index is 12.2. The number of benzene rings is 1. The molecule has 150 valence electrons. The van der Waals surface area contributed by atoms with Crippen LogP contribution >= 0.6 is 11.6 Å². The lowest BCUT2D eigenvalue weighted by molar-refractivity contribution is -0.122. The number of nitrogens with zero attached hydrogens (tertiary/aromatic N) is 2. The minimum atomic E-state index is -0.285. The number of nitrogens with one attached hydrogen (secondary N) is 1. The summed E-state index contributed by atoms with van der Waals surface area (Å²) in [4.78, 5) is 29.8. The molecule has 28 heavy (non-hydrogen) atoms. The third-order valence-electron chi connectivity index (χ3n) is 4.63. The fourth-order valence-corrected chi connectivity index (χ4v) is 3.24. The Balaban J connectivity index is 1.42. The molecule has 1 aliphatic rings. The fourth-order valence-electron chi connectivity index (χ4n) is 3.11. The average Bonchev–Trinajstić information content (AvgIpc) is 3.17. The van der Waals surface area contributed by atoms with E-state index < -0.39 is 0 Å². The van der Waals surface area contributed by atoms with Crippen molar-refractivity contribution in [1.29, 1.82) is 0 Å². The lowest BCUT2D eigenvalue weighted by Gasteiger charge is -2.31. The Hall–Kier alpha value is -2.54. The Morgan fingerprint density at radius 1 is 1.29 bits per heavy atom. The Morgan fingerprint density at radius 2 is 2.00 bits per heavy atom. The van der Waals surface area contributed by atoms with Crippen LogP contribution in [0.5, 0.6) is 0 Å². The SMILES string of the molecule is CCOC(=O)N1CCC(NC(=O)CCc2ncc(-c3ccc(Cl)cc3)o2)CC1. The van der Waals surface area contributed by atoms with Crippen LogP contribution in [0.25, 0.3) is 11.3 Å². The summed E-state index contributed by atoms with van der Waals surface area (Å²) in [6, 6.07) is 7.39. The standard InChI is InChI=1S/C20H24ClN3O4/c1-2-27-20(26)24-11-9-16(10-12-24)23-18(25)7-8-19-22-13-17(28-19)14-3-5-15(21)6-4-14/h3-6,13,16H,2,7-12H2,1H3,(H,23,25). The van der Waals surface area contributed by atoms with E-state index >= 15 is 0 Å². The first kappa shape index (κ1) is 20.2. The summed E-state index contributed by atoms with van der Waals surface area (Å²) in [5, 5.41) is 3.68. The van der Waals surface area contributed by atoms with Gasteiger partial charge in [0.15, 0.2) is 11.7 Å². The van der Waals surface area contributed by atoms with Crippen LogP contribution in [-0.2, 0) is 16.0 Å². The number of aryl methyl sites for hydroxylation is 1. The Kier molecular flexibility index (Phi) is 6.92. The number of hydrogen-bond acceptors (Lipinski definition) is 5. The molecule has 2 heterocycles. The number of rotatable bonds is 6. The number of hydrogen-bond donors (Lipinski definition) is 1. The summed E-state index contributed by atoms with van der Waals surface area (Å²) in [5.74, 6) is 1.14. The van der Waals surface area contributed by atoms with Crippen molar-refractivity contribution < 1.29 is 18.7 Å². The van der Waals surface area contributed by atoms with Gasteiger partial charge in [-0.1, -0.05) is 11.6 Å². The summed E-state index contributed by atoms with van der Waals surface area (Å²) < 4.78 is 10.7. The van der Waals surface area contributed by atoms with E-state index in [0.29, 0.717) is 49.2 Å². The number of amides is 2. The molecule has 1 saturated heterocycles.